The molecule has 0 unspecified atom stereocenters. The fourth-order valence-corrected chi connectivity index (χ4v) is 4.27. The Hall–Kier alpha value is -3.57. The van der Waals surface area contributed by atoms with E-state index in [1.165, 1.54) is 0 Å². The second-order valence-corrected chi connectivity index (χ2v) is 8.69. The number of hydrogen-bond donors (Lipinski definition) is 2. The predicted molar refractivity (Wildman–Crippen MR) is 140 cm³/mol. The van der Waals surface area contributed by atoms with Gasteiger partial charge in [0.15, 0.2) is 0 Å². The third kappa shape index (κ3) is 5.00. The lowest BCUT2D eigenvalue weighted by molar-refractivity contribution is -0.110. The first-order chi connectivity index (χ1) is 16.5. The Balaban J connectivity index is 1.82. The lowest BCUT2D eigenvalue weighted by Gasteiger charge is -2.22. The van der Waals surface area contributed by atoms with Gasteiger partial charge < -0.3 is 15.5 Å². The van der Waals surface area contributed by atoms with Gasteiger partial charge in [-0.2, -0.15) is 0 Å². The van der Waals surface area contributed by atoms with Gasteiger partial charge >= 0.3 is 0 Å². The van der Waals surface area contributed by atoms with E-state index in [-0.39, 0.29) is 11.8 Å². The van der Waals surface area contributed by atoms with Crippen molar-refractivity contribution in [2.45, 2.75) is 26.7 Å². The van der Waals surface area contributed by atoms with E-state index in [1.54, 1.807) is 18.2 Å². The van der Waals surface area contributed by atoms with Gasteiger partial charge in [-0.15, -0.1) is 0 Å². The van der Waals surface area contributed by atoms with Crippen LogP contribution >= 0.6 is 11.6 Å². The molecule has 174 valence electrons. The number of carbonyl (C=O) groups is 2. The summed E-state index contributed by atoms with van der Waals surface area (Å²) in [4.78, 5) is 28.3. The maximum Gasteiger partial charge on any atom is 0.258 e. The first-order valence-electron chi connectivity index (χ1n) is 11.6. The summed E-state index contributed by atoms with van der Waals surface area (Å²) in [5, 5.41) is 7.00. The minimum atomic E-state index is -0.209. The standard InChI is InChI=1S/C28H28ClN3O2/c1-3-16-32(17-4-2)28(34)20-10-15-24-23(18-20)25(27(33)31-24)26(19-8-6-5-7-9-19)30-22-13-11-21(29)12-14-22/h5-15,18,30H,3-4,16-17H2,1-2H3,(H,31,33)/b26-25-. The van der Waals surface area contributed by atoms with E-state index in [9.17, 15) is 9.59 Å². The van der Waals surface area contributed by atoms with E-state index in [0.29, 0.717) is 46.2 Å². The van der Waals surface area contributed by atoms with Crippen LogP contribution in [0.2, 0.25) is 5.02 Å². The van der Waals surface area contributed by atoms with Crippen LogP contribution in [0.15, 0.2) is 72.8 Å². The van der Waals surface area contributed by atoms with Crippen molar-refractivity contribution in [1.82, 2.24) is 4.90 Å². The van der Waals surface area contributed by atoms with Crippen LogP contribution in [0.4, 0.5) is 11.4 Å². The highest BCUT2D eigenvalue weighted by Gasteiger charge is 2.30. The zero-order chi connectivity index (χ0) is 24.1. The molecule has 0 atom stereocenters. The Morgan fingerprint density at radius 3 is 2.24 bits per heavy atom. The van der Waals surface area contributed by atoms with Gasteiger partial charge in [-0.3, -0.25) is 9.59 Å². The zero-order valence-electron chi connectivity index (χ0n) is 19.4. The highest BCUT2D eigenvalue weighted by molar-refractivity contribution is 6.37. The van der Waals surface area contributed by atoms with Crippen molar-refractivity contribution in [3.05, 3.63) is 94.5 Å². The third-order valence-corrected chi connectivity index (χ3v) is 5.96. The highest BCUT2D eigenvalue weighted by Crippen LogP contribution is 2.38. The van der Waals surface area contributed by atoms with Gasteiger partial charge in [0, 0.05) is 40.6 Å². The molecule has 0 saturated carbocycles. The van der Waals surface area contributed by atoms with Crippen molar-refractivity contribution in [3.63, 3.8) is 0 Å². The van der Waals surface area contributed by atoms with E-state index < -0.39 is 0 Å². The first kappa shape index (κ1) is 23.6. The largest absolute Gasteiger partial charge is 0.354 e. The van der Waals surface area contributed by atoms with Crippen molar-refractivity contribution in [1.29, 1.82) is 0 Å². The Morgan fingerprint density at radius 1 is 0.912 bits per heavy atom. The Morgan fingerprint density at radius 2 is 1.59 bits per heavy atom. The van der Waals surface area contributed by atoms with Crippen molar-refractivity contribution >= 4 is 46.1 Å². The molecule has 2 amide bonds. The zero-order valence-corrected chi connectivity index (χ0v) is 20.2. The van der Waals surface area contributed by atoms with Crippen LogP contribution in [0, 0.1) is 0 Å². The van der Waals surface area contributed by atoms with Gasteiger partial charge in [0.1, 0.15) is 0 Å². The second-order valence-electron chi connectivity index (χ2n) is 8.25. The van der Waals surface area contributed by atoms with Gasteiger partial charge in [-0.1, -0.05) is 55.8 Å². The number of anilines is 2. The summed E-state index contributed by atoms with van der Waals surface area (Å²) in [6, 6.07) is 22.5. The molecule has 2 N–H and O–H groups in total. The summed E-state index contributed by atoms with van der Waals surface area (Å²) in [6.45, 7) is 5.54. The van der Waals surface area contributed by atoms with Crippen molar-refractivity contribution in [3.8, 4) is 0 Å². The van der Waals surface area contributed by atoms with Gasteiger partial charge in [-0.25, -0.2) is 0 Å². The maximum absolute atomic E-state index is 13.3. The summed E-state index contributed by atoms with van der Waals surface area (Å²) < 4.78 is 0. The number of fused-ring (bicyclic) bond motifs is 1. The summed E-state index contributed by atoms with van der Waals surface area (Å²) in [5.74, 6) is -0.226. The van der Waals surface area contributed by atoms with Crippen LogP contribution in [0.5, 0.6) is 0 Å². The molecule has 0 bridgehead atoms. The molecule has 0 saturated heterocycles. The molecule has 1 aliphatic heterocycles. The number of rotatable bonds is 8. The maximum atomic E-state index is 13.3. The van der Waals surface area contributed by atoms with Gasteiger partial charge in [0.2, 0.25) is 0 Å². The quantitative estimate of drug-likeness (QED) is 0.365. The summed E-state index contributed by atoms with van der Waals surface area (Å²) >= 11 is 6.06. The molecule has 6 heteroatoms. The van der Waals surface area contributed by atoms with Crippen molar-refractivity contribution in [2.24, 2.45) is 0 Å². The molecule has 1 aliphatic rings. The Labute approximate surface area is 205 Å². The van der Waals surface area contributed by atoms with Gasteiger partial charge in [0.05, 0.1) is 11.3 Å². The number of amides is 2. The average Bonchev–Trinajstić information content (AvgIpc) is 3.18. The number of halogens is 1. The molecule has 3 aromatic rings. The molecule has 4 rings (SSSR count). The Kier molecular flexibility index (Phi) is 7.33. The number of nitrogens with zero attached hydrogens (tertiary/aromatic N) is 1. The molecule has 0 fully saturated rings. The molecular weight excluding hydrogens is 446 g/mol. The monoisotopic (exact) mass is 473 g/mol. The first-order valence-corrected chi connectivity index (χ1v) is 12.0. The fraction of sp³-hybridized carbons (Fsp3) is 0.214. The minimum absolute atomic E-state index is 0.0166. The molecule has 1 heterocycles. The number of hydrogen-bond acceptors (Lipinski definition) is 3. The topological polar surface area (TPSA) is 61.4 Å². The average molecular weight is 474 g/mol. The highest BCUT2D eigenvalue weighted by atomic mass is 35.5. The van der Waals surface area contributed by atoms with Crippen LogP contribution in [0.25, 0.3) is 11.3 Å². The van der Waals surface area contributed by atoms with Crippen LogP contribution in [-0.2, 0) is 4.79 Å². The molecule has 5 nitrogen and oxygen atoms in total. The summed E-state index contributed by atoms with van der Waals surface area (Å²) in [7, 11) is 0. The van der Waals surface area contributed by atoms with Crippen LogP contribution in [-0.4, -0.2) is 29.8 Å². The van der Waals surface area contributed by atoms with Crippen molar-refractivity contribution in [2.75, 3.05) is 23.7 Å². The SMILES string of the molecule is CCCN(CCC)C(=O)c1ccc2c(c1)/C(=C(/Nc1ccc(Cl)cc1)c1ccccc1)C(=O)N2. The summed E-state index contributed by atoms with van der Waals surface area (Å²) in [5.41, 5.74) is 4.83. The normalized spacial score (nSPS) is 13.8. The second kappa shape index (κ2) is 10.6. The minimum Gasteiger partial charge on any atom is -0.354 e. The van der Waals surface area contributed by atoms with E-state index in [4.69, 9.17) is 11.6 Å². The molecule has 0 spiro atoms. The molecular formula is C28H28ClN3O2. The lowest BCUT2D eigenvalue weighted by Crippen LogP contribution is -2.32. The number of nitrogens with one attached hydrogen (secondary N) is 2. The fourth-order valence-electron chi connectivity index (χ4n) is 4.15. The predicted octanol–water partition coefficient (Wildman–Crippen LogP) is 6.53. The smallest absolute Gasteiger partial charge is 0.258 e. The molecule has 3 aromatic carbocycles. The van der Waals surface area contributed by atoms with Crippen LogP contribution in [0.1, 0.15) is 48.2 Å². The number of benzene rings is 3. The van der Waals surface area contributed by atoms with Crippen LogP contribution < -0.4 is 10.6 Å². The molecule has 0 aromatic heterocycles. The van der Waals surface area contributed by atoms with E-state index in [2.05, 4.69) is 24.5 Å². The molecule has 0 radical (unpaired) electrons. The number of carbonyl (C=O) groups excluding carboxylic acids is 2. The van der Waals surface area contributed by atoms with E-state index >= 15 is 0 Å². The van der Waals surface area contributed by atoms with Gasteiger partial charge in [-0.05, 0) is 60.9 Å². The van der Waals surface area contributed by atoms with Crippen molar-refractivity contribution < 1.29 is 9.59 Å². The molecule has 0 aliphatic carbocycles. The molecule has 34 heavy (non-hydrogen) atoms. The van der Waals surface area contributed by atoms with E-state index in [0.717, 1.165) is 24.1 Å². The lowest BCUT2D eigenvalue weighted by atomic mass is 9.98. The van der Waals surface area contributed by atoms with Crippen LogP contribution in [0.3, 0.4) is 0 Å². The third-order valence-electron chi connectivity index (χ3n) is 5.71. The summed E-state index contributed by atoms with van der Waals surface area (Å²) in [6.07, 6.45) is 1.79. The van der Waals surface area contributed by atoms with Gasteiger partial charge in [0.25, 0.3) is 11.8 Å². The van der Waals surface area contributed by atoms with E-state index in [1.807, 2.05) is 59.5 Å². The Bertz CT molecular complexity index is 1210.